The predicted octanol–water partition coefficient (Wildman–Crippen LogP) is 10.8. The van der Waals surface area contributed by atoms with Gasteiger partial charge < -0.3 is 4.42 Å². The smallest absolute Gasteiger partial charge is 0.135 e. The second-order valence-corrected chi connectivity index (χ2v) is 11.2. The standard InChI is InChI=1S/C37H24OS/c1-2-8-24(9-3-1)25-14-16-26(17-15-25)37(27-19-21-34-32(22-27)29-10-4-6-12-33(29)38-34)28-18-20-31-30-11-5-7-13-35(30)39-36(31)23-28/h1-23,37H. The fourth-order valence-corrected chi connectivity index (χ4v) is 7.08. The molecule has 0 saturated carbocycles. The van der Waals surface area contributed by atoms with Crippen molar-refractivity contribution in [2.45, 2.75) is 5.92 Å². The van der Waals surface area contributed by atoms with Gasteiger partial charge in [-0.1, -0.05) is 109 Å². The normalized spacial score (nSPS) is 12.5. The molecule has 1 unspecified atom stereocenters. The van der Waals surface area contributed by atoms with Gasteiger partial charge in [0.2, 0.25) is 0 Å². The summed E-state index contributed by atoms with van der Waals surface area (Å²) in [5.74, 6) is 0.0995. The van der Waals surface area contributed by atoms with E-state index in [1.165, 1.54) is 48.0 Å². The van der Waals surface area contributed by atoms with E-state index in [0.29, 0.717) is 0 Å². The highest BCUT2D eigenvalue weighted by molar-refractivity contribution is 7.25. The van der Waals surface area contributed by atoms with Crippen LogP contribution in [0.5, 0.6) is 0 Å². The van der Waals surface area contributed by atoms with Gasteiger partial charge in [0.1, 0.15) is 11.2 Å². The van der Waals surface area contributed by atoms with Crippen LogP contribution in [-0.2, 0) is 0 Å². The molecule has 0 aliphatic carbocycles. The van der Waals surface area contributed by atoms with E-state index in [0.717, 1.165) is 21.9 Å². The number of para-hydroxylation sites is 1. The summed E-state index contributed by atoms with van der Waals surface area (Å²) in [6.45, 7) is 0. The van der Waals surface area contributed by atoms with Crippen molar-refractivity contribution in [3.63, 3.8) is 0 Å². The van der Waals surface area contributed by atoms with Crippen molar-refractivity contribution < 1.29 is 4.42 Å². The maximum Gasteiger partial charge on any atom is 0.135 e. The zero-order valence-electron chi connectivity index (χ0n) is 21.2. The first-order valence-electron chi connectivity index (χ1n) is 13.3. The van der Waals surface area contributed by atoms with Crippen LogP contribution >= 0.6 is 11.3 Å². The largest absolute Gasteiger partial charge is 0.456 e. The SMILES string of the molecule is c1ccc(-c2ccc(C(c3ccc4c(c3)sc3ccccc34)c3ccc4oc5ccccc5c4c3)cc2)cc1. The van der Waals surface area contributed by atoms with E-state index < -0.39 is 0 Å². The van der Waals surface area contributed by atoms with Crippen LogP contribution in [0, 0.1) is 0 Å². The van der Waals surface area contributed by atoms with E-state index in [1.807, 2.05) is 23.5 Å². The van der Waals surface area contributed by atoms with Crippen LogP contribution in [-0.4, -0.2) is 0 Å². The molecule has 1 nitrogen and oxygen atoms in total. The summed E-state index contributed by atoms with van der Waals surface area (Å²) in [6, 6.07) is 50.4. The Bertz CT molecular complexity index is 2110. The molecular formula is C37H24OS. The Kier molecular flexibility index (Phi) is 5.14. The molecule has 0 N–H and O–H groups in total. The van der Waals surface area contributed by atoms with Crippen LogP contribution in [0.15, 0.2) is 144 Å². The maximum atomic E-state index is 6.16. The van der Waals surface area contributed by atoms with E-state index in [4.69, 9.17) is 4.42 Å². The molecule has 39 heavy (non-hydrogen) atoms. The van der Waals surface area contributed by atoms with E-state index in [-0.39, 0.29) is 5.92 Å². The van der Waals surface area contributed by atoms with E-state index >= 15 is 0 Å². The van der Waals surface area contributed by atoms with Crippen molar-refractivity contribution in [1.82, 2.24) is 0 Å². The minimum atomic E-state index is 0.0995. The summed E-state index contributed by atoms with van der Waals surface area (Å²) in [5, 5.41) is 4.98. The topological polar surface area (TPSA) is 13.1 Å². The molecule has 0 aliphatic rings. The fourth-order valence-electron chi connectivity index (χ4n) is 5.92. The van der Waals surface area contributed by atoms with Gasteiger partial charge in [-0.15, -0.1) is 11.3 Å². The second-order valence-electron chi connectivity index (χ2n) is 10.1. The van der Waals surface area contributed by atoms with Crippen LogP contribution in [0.2, 0.25) is 0 Å². The molecule has 8 aromatic rings. The summed E-state index contributed by atoms with van der Waals surface area (Å²) >= 11 is 1.87. The Morgan fingerprint density at radius 3 is 1.90 bits per heavy atom. The Labute approximate surface area is 230 Å². The molecule has 0 saturated heterocycles. The molecule has 2 heterocycles. The molecular weight excluding hydrogens is 492 g/mol. The molecule has 8 rings (SSSR count). The third-order valence-corrected chi connectivity index (χ3v) is 8.95. The molecule has 2 heteroatoms. The monoisotopic (exact) mass is 516 g/mol. The molecule has 0 radical (unpaired) electrons. The fraction of sp³-hybridized carbons (Fsp3) is 0.0270. The molecule has 2 aromatic heterocycles. The lowest BCUT2D eigenvalue weighted by Crippen LogP contribution is -2.03. The van der Waals surface area contributed by atoms with Crippen LogP contribution in [0.4, 0.5) is 0 Å². The first kappa shape index (κ1) is 22.3. The number of hydrogen-bond donors (Lipinski definition) is 0. The van der Waals surface area contributed by atoms with Crippen molar-refractivity contribution in [1.29, 1.82) is 0 Å². The second kappa shape index (κ2) is 8.97. The highest BCUT2D eigenvalue weighted by Crippen LogP contribution is 2.40. The van der Waals surface area contributed by atoms with Gasteiger partial charge in [0.25, 0.3) is 0 Å². The zero-order valence-corrected chi connectivity index (χ0v) is 22.0. The van der Waals surface area contributed by atoms with Gasteiger partial charge in [-0.3, -0.25) is 0 Å². The van der Waals surface area contributed by atoms with Gasteiger partial charge in [0.15, 0.2) is 0 Å². The Morgan fingerprint density at radius 1 is 0.410 bits per heavy atom. The Morgan fingerprint density at radius 2 is 1.03 bits per heavy atom. The van der Waals surface area contributed by atoms with E-state index in [9.17, 15) is 0 Å². The molecule has 1 atom stereocenters. The number of rotatable bonds is 4. The van der Waals surface area contributed by atoms with Gasteiger partial charge in [-0.05, 0) is 58.1 Å². The van der Waals surface area contributed by atoms with Crippen LogP contribution in [0.3, 0.4) is 0 Å². The third kappa shape index (κ3) is 3.76. The van der Waals surface area contributed by atoms with Crippen LogP contribution in [0.1, 0.15) is 22.6 Å². The van der Waals surface area contributed by atoms with Crippen LogP contribution < -0.4 is 0 Å². The molecule has 6 aromatic carbocycles. The first-order chi connectivity index (χ1) is 19.3. The van der Waals surface area contributed by atoms with E-state index in [1.54, 1.807) is 0 Å². The maximum absolute atomic E-state index is 6.16. The number of fused-ring (bicyclic) bond motifs is 6. The number of benzene rings is 6. The average Bonchev–Trinajstić information content (AvgIpc) is 3.56. The Hall–Kier alpha value is -4.66. The number of hydrogen-bond acceptors (Lipinski definition) is 2. The summed E-state index contributed by atoms with van der Waals surface area (Å²) in [5.41, 5.74) is 8.17. The molecule has 0 bridgehead atoms. The quantitative estimate of drug-likeness (QED) is 0.212. The van der Waals surface area contributed by atoms with Gasteiger partial charge in [-0.2, -0.15) is 0 Å². The van der Waals surface area contributed by atoms with Gasteiger partial charge in [0, 0.05) is 36.9 Å². The summed E-state index contributed by atoms with van der Waals surface area (Å²) in [6.07, 6.45) is 0. The van der Waals surface area contributed by atoms with Crippen molar-refractivity contribution in [3.8, 4) is 11.1 Å². The number of thiophene rings is 1. The van der Waals surface area contributed by atoms with Crippen molar-refractivity contribution in [3.05, 3.63) is 156 Å². The van der Waals surface area contributed by atoms with Gasteiger partial charge >= 0.3 is 0 Å². The molecule has 0 amide bonds. The van der Waals surface area contributed by atoms with Crippen molar-refractivity contribution >= 4 is 53.4 Å². The highest BCUT2D eigenvalue weighted by Gasteiger charge is 2.20. The minimum absolute atomic E-state index is 0.0995. The lowest BCUT2D eigenvalue weighted by molar-refractivity contribution is 0.668. The van der Waals surface area contributed by atoms with E-state index in [2.05, 4.69) is 127 Å². The number of furan rings is 1. The van der Waals surface area contributed by atoms with Crippen molar-refractivity contribution in [2.24, 2.45) is 0 Å². The summed E-state index contributed by atoms with van der Waals surface area (Å²) in [7, 11) is 0. The molecule has 0 spiro atoms. The van der Waals surface area contributed by atoms with Crippen LogP contribution in [0.25, 0.3) is 53.2 Å². The zero-order chi connectivity index (χ0) is 25.8. The minimum Gasteiger partial charge on any atom is -0.456 e. The Balaban J connectivity index is 1.32. The lowest BCUT2D eigenvalue weighted by atomic mass is 9.84. The third-order valence-electron chi connectivity index (χ3n) is 7.82. The lowest BCUT2D eigenvalue weighted by Gasteiger charge is -2.20. The van der Waals surface area contributed by atoms with Crippen molar-refractivity contribution in [2.75, 3.05) is 0 Å². The summed E-state index contributed by atoms with van der Waals surface area (Å²) < 4.78 is 8.82. The van der Waals surface area contributed by atoms with Gasteiger partial charge in [-0.25, -0.2) is 0 Å². The molecule has 184 valence electrons. The predicted molar refractivity (Wildman–Crippen MR) is 166 cm³/mol. The first-order valence-corrected chi connectivity index (χ1v) is 14.1. The molecule has 0 aliphatic heterocycles. The highest BCUT2D eigenvalue weighted by atomic mass is 32.1. The average molecular weight is 517 g/mol. The molecule has 0 fully saturated rings. The van der Waals surface area contributed by atoms with Gasteiger partial charge in [0.05, 0.1) is 0 Å². The summed E-state index contributed by atoms with van der Waals surface area (Å²) in [4.78, 5) is 0.